The van der Waals surface area contributed by atoms with Gasteiger partial charge in [-0.25, -0.2) is 0 Å². The van der Waals surface area contributed by atoms with Gasteiger partial charge in [0.1, 0.15) is 0 Å². The van der Waals surface area contributed by atoms with Crippen LogP contribution in [0.25, 0.3) is 0 Å². The van der Waals surface area contributed by atoms with Gasteiger partial charge in [0.15, 0.2) is 0 Å². The van der Waals surface area contributed by atoms with Crippen LogP contribution in [0.15, 0.2) is 65.6 Å². The highest BCUT2D eigenvalue weighted by Crippen LogP contribution is 2.27. The van der Waals surface area contributed by atoms with Crippen LogP contribution in [-0.4, -0.2) is 23.6 Å². The highest BCUT2D eigenvalue weighted by molar-refractivity contribution is 7.99. The molecule has 1 N–H and O–H groups in total. The lowest BCUT2D eigenvalue weighted by Crippen LogP contribution is -2.27. The van der Waals surface area contributed by atoms with Gasteiger partial charge in [-0.05, 0) is 42.4 Å². The topological polar surface area (TPSA) is 29.5 Å². The van der Waals surface area contributed by atoms with E-state index in [4.69, 9.17) is 4.74 Å². The van der Waals surface area contributed by atoms with Crippen molar-refractivity contribution in [1.82, 2.24) is 0 Å². The minimum Gasteiger partial charge on any atom is -0.393 e. The number of benzene rings is 2. The summed E-state index contributed by atoms with van der Waals surface area (Å²) in [4.78, 5) is 1.27. The number of rotatable bonds is 11. The predicted octanol–water partition coefficient (Wildman–Crippen LogP) is 5.41. The van der Waals surface area contributed by atoms with E-state index in [2.05, 4.69) is 50.2 Å². The summed E-state index contributed by atoms with van der Waals surface area (Å²) in [6.45, 7) is 5.74. The van der Waals surface area contributed by atoms with Crippen LogP contribution in [0, 0.1) is 11.8 Å². The Morgan fingerprint density at radius 1 is 0.960 bits per heavy atom. The fourth-order valence-electron chi connectivity index (χ4n) is 2.83. The molecule has 2 nitrogen and oxygen atoms in total. The van der Waals surface area contributed by atoms with Crippen LogP contribution >= 0.6 is 11.8 Å². The molecular formula is C22H30O2S. The molecule has 136 valence electrons. The predicted molar refractivity (Wildman–Crippen MR) is 107 cm³/mol. The van der Waals surface area contributed by atoms with Crippen LogP contribution in [0.3, 0.4) is 0 Å². The zero-order chi connectivity index (χ0) is 17.9. The van der Waals surface area contributed by atoms with Crippen molar-refractivity contribution in [2.75, 3.05) is 12.4 Å². The fraction of sp³-hybridized carbons (Fsp3) is 0.455. The van der Waals surface area contributed by atoms with Crippen LogP contribution in [0.5, 0.6) is 0 Å². The van der Waals surface area contributed by atoms with Gasteiger partial charge in [0.25, 0.3) is 0 Å². The number of aliphatic hydroxyl groups is 1. The maximum atomic E-state index is 10.6. The van der Waals surface area contributed by atoms with Crippen LogP contribution in [0.1, 0.15) is 32.3 Å². The lowest BCUT2D eigenvalue weighted by atomic mass is 9.90. The van der Waals surface area contributed by atoms with Crippen molar-refractivity contribution in [2.45, 2.75) is 44.3 Å². The van der Waals surface area contributed by atoms with Crippen LogP contribution in [-0.2, 0) is 11.3 Å². The molecule has 0 heterocycles. The first-order valence-electron chi connectivity index (χ1n) is 9.14. The summed E-state index contributed by atoms with van der Waals surface area (Å²) >= 11 is 1.83. The van der Waals surface area contributed by atoms with E-state index in [9.17, 15) is 5.11 Å². The molecule has 0 saturated heterocycles. The number of aliphatic hydroxyl groups excluding tert-OH is 1. The molecule has 0 bridgehead atoms. The normalized spacial score (nSPS) is 13.8. The Balaban J connectivity index is 1.68. The van der Waals surface area contributed by atoms with Gasteiger partial charge in [0.2, 0.25) is 0 Å². The molecule has 0 aliphatic rings. The summed E-state index contributed by atoms with van der Waals surface area (Å²) in [5.74, 6) is 1.73. The summed E-state index contributed by atoms with van der Waals surface area (Å²) in [5, 5.41) is 10.6. The Bertz CT molecular complexity index is 571. The molecule has 0 radical (unpaired) electrons. The molecule has 0 aromatic heterocycles. The Morgan fingerprint density at radius 2 is 1.60 bits per heavy atom. The molecule has 2 aromatic carbocycles. The van der Waals surface area contributed by atoms with Gasteiger partial charge in [0, 0.05) is 17.3 Å². The Morgan fingerprint density at radius 3 is 2.24 bits per heavy atom. The third-order valence-electron chi connectivity index (χ3n) is 4.44. The van der Waals surface area contributed by atoms with E-state index in [-0.39, 0.29) is 6.10 Å². The lowest BCUT2D eigenvalue weighted by Gasteiger charge is -2.26. The number of hydrogen-bond acceptors (Lipinski definition) is 3. The van der Waals surface area contributed by atoms with Crippen LogP contribution in [0.2, 0.25) is 0 Å². The average molecular weight is 359 g/mol. The summed E-state index contributed by atoms with van der Waals surface area (Å²) < 4.78 is 5.72. The summed E-state index contributed by atoms with van der Waals surface area (Å²) in [5.41, 5.74) is 1.20. The van der Waals surface area contributed by atoms with Crippen molar-refractivity contribution in [2.24, 2.45) is 11.8 Å². The third-order valence-corrected chi connectivity index (χ3v) is 5.59. The highest BCUT2D eigenvalue weighted by atomic mass is 32.2. The monoisotopic (exact) mass is 358 g/mol. The molecule has 2 atom stereocenters. The molecule has 0 fully saturated rings. The Labute approximate surface area is 156 Å². The van der Waals surface area contributed by atoms with Crippen molar-refractivity contribution in [1.29, 1.82) is 0 Å². The minimum atomic E-state index is -0.267. The molecule has 0 spiro atoms. The van der Waals surface area contributed by atoms with E-state index in [1.54, 1.807) is 0 Å². The largest absolute Gasteiger partial charge is 0.393 e. The van der Waals surface area contributed by atoms with Gasteiger partial charge in [-0.2, -0.15) is 0 Å². The van der Waals surface area contributed by atoms with E-state index >= 15 is 0 Å². The van der Waals surface area contributed by atoms with E-state index in [0.717, 1.165) is 18.6 Å². The molecule has 2 rings (SSSR count). The van der Waals surface area contributed by atoms with Gasteiger partial charge in [-0.15, -0.1) is 11.8 Å². The summed E-state index contributed by atoms with van der Waals surface area (Å²) in [6, 6.07) is 20.6. The van der Waals surface area contributed by atoms with E-state index in [0.29, 0.717) is 25.0 Å². The zero-order valence-electron chi connectivity index (χ0n) is 15.3. The van der Waals surface area contributed by atoms with Crippen LogP contribution in [0.4, 0.5) is 0 Å². The van der Waals surface area contributed by atoms with Gasteiger partial charge in [-0.3, -0.25) is 0 Å². The SMILES string of the molecule is CC(C)[C@@H](CSc1ccccc1)[C@H](O)CCCOCc1ccccc1. The molecule has 2 aromatic rings. The lowest BCUT2D eigenvalue weighted by molar-refractivity contribution is 0.0634. The first-order chi connectivity index (χ1) is 12.2. The summed E-state index contributed by atoms with van der Waals surface area (Å²) in [7, 11) is 0. The molecule has 0 amide bonds. The van der Waals surface area contributed by atoms with Gasteiger partial charge < -0.3 is 9.84 Å². The van der Waals surface area contributed by atoms with E-state index in [1.807, 2.05) is 36.0 Å². The van der Waals surface area contributed by atoms with E-state index in [1.165, 1.54) is 10.5 Å². The van der Waals surface area contributed by atoms with Crippen molar-refractivity contribution >= 4 is 11.8 Å². The number of ether oxygens (including phenoxy) is 1. The molecule has 25 heavy (non-hydrogen) atoms. The smallest absolute Gasteiger partial charge is 0.0716 e. The van der Waals surface area contributed by atoms with Gasteiger partial charge >= 0.3 is 0 Å². The van der Waals surface area contributed by atoms with Crippen LogP contribution < -0.4 is 0 Å². The first-order valence-corrected chi connectivity index (χ1v) is 10.1. The molecule has 0 saturated carbocycles. The first kappa shape index (κ1) is 20.0. The quantitative estimate of drug-likeness (QED) is 0.430. The second kappa shape index (κ2) is 11.3. The van der Waals surface area contributed by atoms with Crippen molar-refractivity contribution in [3.63, 3.8) is 0 Å². The van der Waals surface area contributed by atoms with Crippen molar-refractivity contribution in [3.05, 3.63) is 66.2 Å². The van der Waals surface area contributed by atoms with Crippen molar-refractivity contribution in [3.8, 4) is 0 Å². The Kier molecular flexibility index (Phi) is 9.09. The van der Waals surface area contributed by atoms with E-state index < -0.39 is 0 Å². The second-order valence-corrected chi connectivity index (χ2v) is 7.87. The zero-order valence-corrected chi connectivity index (χ0v) is 16.1. The highest BCUT2D eigenvalue weighted by Gasteiger charge is 2.22. The van der Waals surface area contributed by atoms with Crippen molar-refractivity contribution < 1.29 is 9.84 Å². The molecule has 3 heteroatoms. The second-order valence-electron chi connectivity index (χ2n) is 6.78. The number of thioether (sulfide) groups is 1. The molecular weight excluding hydrogens is 328 g/mol. The summed E-state index contributed by atoms with van der Waals surface area (Å²) in [6.07, 6.45) is 1.43. The molecule has 0 aliphatic carbocycles. The molecule has 0 unspecified atom stereocenters. The van der Waals surface area contributed by atoms with Gasteiger partial charge in [-0.1, -0.05) is 62.4 Å². The minimum absolute atomic E-state index is 0.267. The maximum Gasteiger partial charge on any atom is 0.0716 e. The van der Waals surface area contributed by atoms with Gasteiger partial charge in [0.05, 0.1) is 12.7 Å². The number of hydrogen-bond donors (Lipinski definition) is 1. The third kappa shape index (κ3) is 7.64. The fourth-order valence-corrected chi connectivity index (χ4v) is 4.17. The maximum absolute atomic E-state index is 10.6. The average Bonchev–Trinajstić information content (AvgIpc) is 2.63. The Hall–Kier alpha value is -1.29. The molecule has 0 aliphatic heterocycles. The standard InChI is InChI=1S/C22H30O2S/c1-18(2)21(17-25-20-12-7-4-8-13-20)22(23)14-9-15-24-16-19-10-5-3-6-11-19/h3-8,10-13,18,21-23H,9,14-17H2,1-2H3/t21-,22-/m1/s1.